The molecule has 1 aromatic carbocycles. The van der Waals surface area contributed by atoms with Crippen LogP contribution in [0.1, 0.15) is 11.5 Å². The Morgan fingerprint density at radius 1 is 0.680 bits per heavy atom. The van der Waals surface area contributed by atoms with E-state index in [-0.39, 0.29) is 10.2 Å². The van der Waals surface area contributed by atoms with Crippen LogP contribution < -0.4 is 21.3 Å². The Labute approximate surface area is 152 Å². The molecule has 4 N–H and O–H groups in total. The predicted molar refractivity (Wildman–Crippen MR) is 93.9 cm³/mol. The molecule has 25 heavy (non-hydrogen) atoms. The molecule has 10 heteroatoms. The molecule has 2 aliphatic heterocycles. The van der Waals surface area contributed by atoms with E-state index in [1.54, 1.807) is 30.3 Å². The van der Waals surface area contributed by atoms with E-state index in [9.17, 15) is 19.2 Å². The van der Waals surface area contributed by atoms with E-state index in [2.05, 4.69) is 21.3 Å². The molecular formula is C15H12N4O4S2. The lowest BCUT2D eigenvalue weighted by molar-refractivity contribution is -0.140. The highest BCUT2D eigenvalue weighted by Crippen LogP contribution is 2.35. The second kappa shape index (κ2) is 6.65. The Kier molecular flexibility index (Phi) is 4.55. The topological polar surface area (TPSA) is 116 Å². The van der Waals surface area contributed by atoms with Crippen LogP contribution in [0.3, 0.4) is 0 Å². The number of carbonyl (C=O) groups excluding carboxylic acids is 4. The lowest BCUT2D eigenvalue weighted by Gasteiger charge is -2.35. The SMILES string of the molecule is O=C1NC(=S)NC(=O)C1C(c1ccccc1)C1C(=O)NC(=S)NC1=O. The molecule has 0 saturated carbocycles. The van der Waals surface area contributed by atoms with Crippen LogP contribution in [0.2, 0.25) is 0 Å². The Bertz CT molecular complexity index is 723. The van der Waals surface area contributed by atoms with Crippen molar-refractivity contribution in [3.63, 3.8) is 0 Å². The zero-order valence-corrected chi connectivity index (χ0v) is 14.2. The smallest absolute Gasteiger partial charge is 0.239 e. The summed E-state index contributed by atoms with van der Waals surface area (Å²) in [7, 11) is 0. The number of thiocarbonyl (C=S) groups is 2. The molecule has 0 aliphatic carbocycles. The van der Waals surface area contributed by atoms with E-state index in [0.717, 1.165) is 0 Å². The summed E-state index contributed by atoms with van der Waals surface area (Å²) in [5.41, 5.74) is 0.494. The second-order valence-electron chi connectivity index (χ2n) is 5.51. The predicted octanol–water partition coefficient (Wildman–Crippen LogP) is -0.936. The molecule has 0 aromatic heterocycles. The quantitative estimate of drug-likeness (QED) is 0.400. The first kappa shape index (κ1) is 17.1. The zero-order chi connectivity index (χ0) is 18.1. The number of nitrogens with one attached hydrogen (secondary N) is 4. The van der Waals surface area contributed by atoms with Crippen molar-refractivity contribution in [3.8, 4) is 0 Å². The minimum Gasteiger partial charge on any atom is -0.302 e. The van der Waals surface area contributed by atoms with Gasteiger partial charge in [-0.15, -0.1) is 0 Å². The maximum Gasteiger partial charge on any atom is 0.239 e. The fourth-order valence-corrected chi connectivity index (χ4v) is 3.37. The van der Waals surface area contributed by atoms with Gasteiger partial charge in [-0.1, -0.05) is 30.3 Å². The van der Waals surface area contributed by atoms with Gasteiger partial charge in [0.15, 0.2) is 10.2 Å². The van der Waals surface area contributed by atoms with E-state index in [1.807, 2.05) is 0 Å². The van der Waals surface area contributed by atoms with E-state index in [1.165, 1.54) is 0 Å². The molecule has 0 bridgehead atoms. The van der Waals surface area contributed by atoms with Gasteiger partial charge in [0, 0.05) is 5.92 Å². The number of hydrogen-bond donors (Lipinski definition) is 4. The van der Waals surface area contributed by atoms with Gasteiger partial charge in [-0.2, -0.15) is 0 Å². The van der Waals surface area contributed by atoms with Gasteiger partial charge in [0.1, 0.15) is 11.8 Å². The van der Waals surface area contributed by atoms with Crippen molar-refractivity contribution in [2.24, 2.45) is 11.8 Å². The number of hydrogen-bond acceptors (Lipinski definition) is 6. The number of carbonyl (C=O) groups is 4. The molecule has 0 spiro atoms. The van der Waals surface area contributed by atoms with Crippen LogP contribution in [-0.4, -0.2) is 33.9 Å². The summed E-state index contributed by atoms with van der Waals surface area (Å²) in [4.78, 5) is 49.6. The largest absolute Gasteiger partial charge is 0.302 e. The molecule has 0 unspecified atom stereocenters. The molecule has 4 amide bonds. The maximum absolute atomic E-state index is 12.4. The molecule has 1 aromatic rings. The average Bonchev–Trinajstić information content (AvgIpc) is 2.52. The van der Waals surface area contributed by atoms with Crippen molar-refractivity contribution >= 4 is 58.3 Å². The van der Waals surface area contributed by atoms with Crippen LogP contribution in [0, 0.1) is 11.8 Å². The Morgan fingerprint density at radius 2 is 1.04 bits per heavy atom. The fourth-order valence-electron chi connectivity index (χ4n) is 2.96. The number of amides is 4. The summed E-state index contributed by atoms with van der Waals surface area (Å²) in [5, 5.41) is 9.21. The van der Waals surface area contributed by atoms with Crippen molar-refractivity contribution < 1.29 is 19.2 Å². The molecule has 2 aliphatic rings. The van der Waals surface area contributed by atoms with Crippen LogP contribution in [-0.2, 0) is 19.2 Å². The Morgan fingerprint density at radius 3 is 1.40 bits per heavy atom. The van der Waals surface area contributed by atoms with Crippen molar-refractivity contribution in [2.75, 3.05) is 0 Å². The summed E-state index contributed by atoms with van der Waals surface area (Å²) < 4.78 is 0. The van der Waals surface area contributed by atoms with Gasteiger partial charge in [-0.25, -0.2) is 0 Å². The van der Waals surface area contributed by atoms with Gasteiger partial charge in [-0.05, 0) is 30.0 Å². The molecule has 2 heterocycles. The van der Waals surface area contributed by atoms with Gasteiger partial charge in [0.25, 0.3) is 0 Å². The van der Waals surface area contributed by atoms with E-state index < -0.39 is 41.4 Å². The first-order valence-electron chi connectivity index (χ1n) is 7.25. The minimum absolute atomic E-state index is 0.114. The second-order valence-corrected chi connectivity index (χ2v) is 6.32. The van der Waals surface area contributed by atoms with Crippen molar-refractivity contribution in [1.82, 2.24) is 21.3 Å². The lowest BCUT2D eigenvalue weighted by Crippen LogP contribution is -2.62. The van der Waals surface area contributed by atoms with Crippen LogP contribution in [0.5, 0.6) is 0 Å². The van der Waals surface area contributed by atoms with E-state index in [0.29, 0.717) is 5.56 Å². The molecule has 0 radical (unpaired) electrons. The molecular weight excluding hydrogens is 364 g/mol. The van der Waals surface area contributed by atoms with Crippen molar-refractivity contribution in [3.05, 3.63) is 35.9 Å². The first-order chi connectivity index (χ1) is 11.9. The van der Waals surface area contributed by atoms with Crippen LogP contribution in [0.4, 0.5) is 0 Å². The summed E-state index contributed by atoms with van der Waals surface area (Å²) in [6.45, 7) is 0. The van der Waals surface area contributed by atoms with Crippen molar-refractivity contribution in [1.29, 1.82) is 0 Å². The molecule has 0 atom stereocenters. The van der Waals surface area contributed by atoms with Crippen LogP contribution in [0.25, 0.3) is 0 Å². The standard InChI is InChI=1S/C15H12N4O4S2/c20-10-8(11(21)17-14(24)16-10)7(6-4-2-1-3-5-6)9-12(22)18-15(25)19-13(9)23/h1-5,7-9H,(H2,16,17,20,21,24)(H2,18,19,22,23,25). The summed E-state index contributed by atoms with van der Waals surface area (Å²) in [6, 6.07) is 8.41. The summed E-state index contributed by atoms with van der Waals surface area (Å²) in [6.07, 6.45) is 0. The molecule has 2 saturated heterocycles. The highest BCUT2D eigenvalue weighted by molar-refractivity contribution is 7.80. The van der Waals surface area contributed by atoms with Gasteiger partial charge < -0.3 is 21.3 Å². The lowest BCUT2D eigenvalue weighted by atomic mass is 9.74. The maximum atomic E-state index is 12.4. The molecule has 128 valence electrons. The molecule has 2 fully saturated rings. The fraction of sp³-hybridized carbons (Fsp3) is 0.200. The number of benzene rings is 1. The third kappa shape index (κ3) is 3.26. The summed E-state index contributed by atoms with van der Waals surface area (Å²) in [5.74, 6) is -6.31. The van der Waals surface area contributed by atoms with Crippen LogP contribution in [0.15, 0.2) is 30.3 Å². The van der Waals surface area contributed by atoms with E-state index in [4.69, 9.17) is 24.4 Å². The Hall–Kier alpha value is -2.72. The minimum atomic E-state index is -1.30. The van der Waals surface area contributed by atoms with Crippen molar-refractivity contribution in [2.45, 2.75) is 5.92 Å². The summed E-state index contributed by atoms with van der Waals surface area (Å²) >= 11 is 9.59. The highest BCUT2D eigenvalue weighted by atomic mass is 32.1. The first-order valence-corrected chi connectivity index (χ1v) is 8.06. The van der Waals surface area contributed by atoms with Crippen LogP contribution >= 0.6 is 24.4 Å². The Balaban J connectivity index is 2.08. The third-order valence-electron chi connectivity index (χ3n) is 3.98. The van der Waals surface area contributed by atoms with Gasteiger partial charge in [0.2, 0.25) is 23.6 Å². The molecule has 8 nitrogen and oxygen atoms in total. The van der Waals surface area contributed by atoms with Gasteiger partial charge in [-0.3, -0.25) is 19.2 Å². The van der Waals surface area contributed by atoms with Gasteiger partial charge >= 0.3 is 0 Å². The highest BCUT2D eigenvalue weighted by Gasteiger charge is 2.49. The zero-order valence-electron chi connectivity index (χ0n) is 12.6. The normalized spacial score (nSPS) is 19.4. The average molecular weight is 376 g/mol. The van der Waals surface area contributed by atoms with E-state index >= 15 is 0 Å². The molecule has 3 rings (SSSR count). The third-order valence-corrected chi connectivity index (χ3v) is 4.39. The monoisotopic (exact) mass is 376 g/mol. The van der Waals surface area contributed by atoms with Gasteiger partial charge in [0.05, 0.1) is 0 Å². The number of rotatable bonds is 3.